The van der Waals surface area contributed by atoms with Crippen LogP contribution in [-0.2, 0) is 9.53 Å². The topological polar surface area (TPSA) is 145 Å². The first kappa shape index (κ1) is 15.4. The monoisotopic (exact) mass is 332 g/mol. The number of nitrogens with one attached hydrogen (secondary N) is 1. The van der Waals surface area contributed by atoms with Crippen LogP contribution < -0.4 is 5.32 Å². The Morgan fingerprint density at radius 1 is 1.50 bits per heavy atom. The number of esters is 1. The normalized spacial score (nSPS) is 16.3. The molecule has 0 bridgehead atoms. The molecule has 0 fully saturated rings. The van der Waals surface area contributed by atoms with E-state index in [-0.39, 0.29) is 11.5 Å². The van der Waals surface area contributed by atoms with Crippen LogP contribution in [-0.4, -0.2) is 43.3 Å². The lowest BCUT2D eigenvalue weighted by Gasteiger charge is -2.26. The number of nitrogens with zero attached hydrogens (tertiary/aromatic N) is 5. The number of benzene rings is 1. The number of phenols is 1. The lowest BCUT2D eigenvalue weighted by molar-refractivity contribution is -0.385. The Bertz CT molecular complexity index is 873. The summed E-state index contributed by atoms with van der Waals surface area (Å²) in [4.78, 5) is 22.6. The van der Waals surface area contributed by atoms with E-state index < -0.39 is 28.4 Å². The van der Waals surface area contributed by atoms with Gasteiger partial charge in [0.25, 0.3) is 0 Å². The van der Waals surface area contributed by atoms with Crippen molar-refractivity contribution in [1.82, 2.24) is 20.2 Å². The molecule has 0 radical (unpaired) electrons. The van der Waals surface area contributed by atoms with Crippen LogP contribution in [0, 0.1) is 10.1 Å². The number of allylic oxidation sites excluding steroid dienone is 1. The third-order valence-corrected chi connectivity index (χ3v) is 3.63. The number of carbonyl (C=O) groups excluding carboxylic acids is 1. The predicted molar refractivity (Wildman–Crippen MR) is 79.1 cm³/mol. The van der Waals surface area contributed by atoms with Crippen LogP contribution in [0.2, 0.25) is 0 Å². The maximum absolute atomic E-state index is 12.2. The highest BCUT2D eigenvalue weighted by Crippen LogP contribution is 2.37. The molecule has 24 heavy (non-hydrogen) atoms. The minimum atomic E-state index is -0.831. The molecule has 1 unspecified atom stereocenters. The number of phenolic OH excluding ortho intramolecular Hbond substituents is 1. The van der Waals surface area contributed by atoms with E-state index in [1.165, 1.54) is 30.0 Å². The Labute approximate surface area is 134 Å². The number of nitro benzene ring substituents is 1. The molecule has 0 saturated carbocycles. The van der Waals surface area contributed by atoms with Crippen molar-refractivity contribution in [2.75, 3.05) is 12.4 Å². The minimum Gasteiger partial charge on any atom is -0.502 e. The van der Waals surface area contributed by atoms with Gasteiger partial charge in [-0.2, -0.15) is 4.68 Å². The van der Waals surface area contributed by atoms with E-state index in [4.69, 9.17) is 4.74 Å². The first-order chi connectivity index (χ1) is 11.4. The fourth-order valence-corrected chi connectivity index (χ4v) is 2.55. The molecule has 2 heterocycles. The van der Waals surface area contributed by atoms with Crippen molar-refractivity contribution in [3.05, 3.63) is 45.1 Å². The van der Waals surface area contributed by atoms with E-state index in [0.717, 1.165) is 0 Å². The van der Waals surface area contributed by atoms with Gasteiger partial charge in [0, 0.05) is 11.8 Å². The van der Waals surface area contributed by atoms with Crippen LogP contribution in [0.5, 0.6) is 5.75 Å². The van der Waals surface area contributed by atoms with Gasteiger partial charge in [-0.1, -0.05) is 11.2 Å². The van der Waals surface area contributed by atoms with Crippen molar-refractivity contribution in [2.45, 2.75) is 13.0 Å². The average Bonchev–Trinajstić information content (AvgIpc) is 3.01. The first-order valence-electron chi connectivity index (χ1n) is 6.75. The van der Waals surface area contributed by atoms with Gasteiger partial charge in [-0.05, 0) is 29.0 Å². The number of ether oxygens (including phenoxy) is 1. The number of anilines is 1. The predicted octanol–water partition coefficient (Wildman–Crippen LogP) is 0.749. The zero-order valence-electron chi connectivity index (χ0n) is 12.6. The SMILES string of the molecule is COC(=O)C1=C(C)Nc2nnnn2C1c1ccc(O)c([N+](=O)[O-])c1. The third-order valence-electron chi connectivity index (χ3n) is 3.63. The Kier molecular flexibility index (Phi) is 3.60. The molecule has 11 heteroatoms. The van der Waals surface area contributed by atoms with E-state index >= 15 is 0 Å². The van der Waals surface area contributed by atoms with E-state index in [0.29, 0.717) is 11.3 Å². The fourth-order valence-electron chi connectivity index (χ4n) is 2.55. The lowest BCUT2D eigenvalue weighted by atomic mass is 9.95. The molecule has 2 aromatic rings. The summed E-state index contributed by atoms with van der Waals surface area (Å²) >= 11 is 0. The third kappa shape index (κ3) is 2.31. The molecule has 124 valence electrons. The van der Waals surface area contributed by atoms with Gasteiger partial charge in [0.15, 0.2) is 5.75 Å². The van der Waals surface area contributed by atoms with Gasteiger partial charge in [-0.3, -0.25) is 10.1 Å². The van der Waals surface area contributed by atoms with Crippen LogP contribution >= 0.6 is 0 Å². The molecule has 1 aliphatic rings. The zero-order chi connectivity index (χ0) is 17.4. The highest BCUT2D eigenvalue weighted by atomic mass is 16.6. The number of fused-ring (bicyclic) bond motifs is 1. The van der Waals surface area contributed by atoms with Crippen molar-refractivity contribution in [3.63, 3.8) is 0 Å². The van der Waals surface area contributed by atoms with Crippen LogP contribution in [0.4, 0.5) is 11.6 Å². The van der Waals surface area contributed by atoms with Gasteiger partial charge in [-0.15, -0.1) is 0 Å². The molecule has 0 saturated heterocycles. The summed E-state index contributed by atoms with van der Waals surface area (Å²) in [6, 6.07) is 2.99. The summed E-state index contributed by atoms with van der Waals surface area (Å²) < 4.78 is 6.12. The summed E-state index contributed by atoms with van der Waals surface area (Å²) in [6.07, 6.45) is 0. The molecular formula is C13H12N6O5. The lowest BCUT2D eigenvalue weighted by Crippen LogP contribution is -2.29. The number of methoxy groups -OCH3 is 1. The van der Waals surface area contributed by atoms with Gasteiger partial charge in [0.1, 0.15) is 6.04 Å². The number of rotatable bonds is 3. The summed E-state index contributed by atoms with van der Waals surface area (Å²) in [6.45, 7) is 1.65. The maximum atomic E-state index is 12.2. The smallest absolute Gasteiger partial charge is 0.338 e. The number of nitro groups is 1. The average molecular weight is 332 g/mol. The molecule has 0 amide bonds. The maximum Gasteiger partial charge on any atom is 0.338 e. The molecule has 1 aromatic carbocycles. The highest BCUT2D eigenvalue weighted by molar-refractivity contribution is 5.92. The van der Waals surface area contributed by atoms with Crippen LogP contribution in [0.15, 0.2) is 29.5 Å². The van der Waals surface area contributed by atoms with Crippen LogP contribution in [0.3, 0.4) is 0 Å². The van der Waals surface area contributed by atoms with Gasteiger partial charge < -0.3 is 15.2 Å². The Morgan fingerprint density at radius 2 is 2.25 bits per heavy atom. The standard InChI is InChI=1S/C13H12N6O5/c1-6-10(12(21)24-2)11(18-13(14-6)15-16-17-18)7-3-4-9(20)8(5-7)19(22)23/h3-5,11,20H,1-2H3,(H,14,15,17). The summed E-state index contributed by atoms with van der Waals surface area (Å²) in [5, 5.41) is 34.8. The summed E-state index contributed by atoms with van der Waals surface area (Å²) in [7, 11) is 1.23. The molecule has 0 aliphatic carbocycles. The van der Waals surface area contributed by atoms with Gasteiger partial charge in [-0.25, -0.2) is 4.79 Å². The largest absolute Gasteiger partial charge is 0.502 e. The number of tetrazole rings is 1. The van der Waals surface area contributed by atoms with Crippen molar-refractivity contribution in [1.29, 1.82) is 0 Å². The molecule has 3 rings (SSSR count). The molecule has 1 aliphatic heterocycles. The molecule has 1 atom stereocenters. The van der Waals surface area contributed by atoms with Crippen molar-refractivity contribution >= 4 is 17.6 Å². The quantitative estimate of drug-likeness (QED) is 0.472. The minimum absolute atomic E-state index is 0.206. The number of aromatic nitrogens is 4. The molecule has 11 nitrogen and oxygen atoms in total. The summed E-state index contributed by atoms with van der Waals surface area (Å²) in [5.41, 5.74) is 0.541. The number of hydrogen-bond acceptors (Lipinski definition) is 9. The van der Waals surface area contributed by atoms with Gasteiger partial charge in [0.2, 0.25) is 5.95 Å². The Hall–Kier alpha value is -3.50. The van der Waals surface area contributed by atoms with Crippen molar-refractivity contribution in [2.24, 2.45) is 0 Å². The van der Waals surface area contributed by atoms with Crippen LogP contribution in [0.25, 0.3) is 0 Å². The van der Waals surface area contributed by atoms with Crippen LogP contribution in [0.1, 0.15) is 18.5 Å². The molecular weight excluding hydrogens is 320 g/mol. The first-order valence-corrected chi connectivity index (χ1v) is 6.75. The molecule has 1 aromatic heterocycles. The Morgan fingerprint density at radius 3 is 2.92 bits per heavy atom. The van der Waals surface area contributed by atoms with E-state index in [2.05, 4.69) is 20.8 Å². The van der Waals surface area contributed by atoms with Gasteiger partial charge >= 0.3 is 11.7 Å². The molecule has 2 N–H and O–H groups in total. The highest BCUT2D eigenvalue weighted by Gasteiger charge is 2.35. The van der Waals surface area contributed by atoms with E-state index in [9.17, 15) is 20.0 Å². The van der Waals surface area contributed by atoms with Crippen molar-refractivity contribution < 1.29 is 19.6 Å². The second-order valence-corrected chi connectivity index (χ2v) is 5.01. The van der Waals surface area contributed by atoms with E-state index in [1.807, 2.05) is 0 Å². The Balaban J connectivity index is 2.22. The summed E-state index contributed by atoms with van der Waals surface area (Å²) in [5.74, 6) is -0.822. The second kappa shape index (κ2) is 5.61. The molecule has 0 spiro atoms. The van der Waals surface area contributed by atoms with Gasteiger partial charge in [0.05, 0.1) is 17.6 Å². The fraction of sp³-hybridized carbons (Fsp3) is 0.231. The number of aromatic hydroxyl groups is 1. The number of hydrogen-bond donors (Lipinski definition) is 2. The van der Waals surface area contributed by atoms with E-state index in [1.54, 1.807) is 6.92 Å². The number of carbonyl (C=O) groups is 1. The second-order valence-electron chi connectivity index (χ2n) is 5.01. The van der Waals surface area contributed by atoms with Crippen molar-refractivity contribution in [3.8, 4) is 5.75 Å². The zero-order valence-corrected chi connectivity index (χ0v) is 12.6.